The molecule has 3 amide bonds. The van der Waals surface area contributed by atoms with Crippen molar-refractivity contribution in [3.8, 4) is 0 Å². The molecule has 1 heterocycles. The van der Waals surface area contributed by atoms with Gasteiger partial charge in [0.05, 0.1) is 12.8 Å². The van der Waals surface area contributed by atoms with Gasteiger partial charge in [-0.25, -0.2) is 0 Å². The molecular formula is C12H17N3O4. The summed E-state index contributed by atoms with van der Waals surface area (Å²) in [6.45, 7) is 3.63. The van der Waals surface area contributed by atoms with Gasteiger partial charge < -0.3 is 20.4 Å². The second-order valence-electron chi connectivity index (χ2n) is 3.84. The summed E-state index contributed by atoms with van der Waals surface area (Å²) in [5.41, 5.74) is 0. The average Bonchev–Trinajstić information content (AvgIpc) is 2.90. The minimum Gasteiger partial charge on any atom is -0.459 e. The van der Waals surface area contributed by atoms with Crippen molar-refractivity contribution in [2.45, 2.75) is 19.9 Å². The molecule has 1 atom stereocenters. The summed E-state index contributed by atoms with van der Waals surface area (Å²) in [6.07, 6.45) is 1.37. The van der Waals surface area contributed by atoms with Crippen LogP contribution in [0.2, 0.25) is 0 Å². The first-order valence-electron chi connectivity index (χ1n) is 5.93. The van der Waals surface area contributed by atoms with Crippen molar-refractivity contribution in [2.75, 3.05) is 13.1 Å². The smallest absolute Gasteiger partial charge is 0.287 e. The van der Waals surface area contributed by atoms with Crippen molar-refractivity contribution in [3.63, 3.8) is 0 Å². The van der Waals surface area contributed by atoms with Gasteiger partial charge in [-0.3, -0.25) is 14.4 Å². The van der Waals surface area contributed by atoms with E-state index in [9.17, 15) is 14.4 Å². The summed E-state index contributed by atoms with van der Waals surface area (Å²) in [7, 11) is 0. The van der Waals surface area contributed by atoms with Crippen LogP contribution < -0.4 is 16.0 Å². The third-order valence-corrected chi connectivity index (χ3v) is 2.28. The Balaban J connectivity index is 2.32. The Hall–Kier alpha value is -2.31. The van der Waals surface area contributed by atoms with E-state index in [4.69, 9.17) is 4.42 Å². The number of likely N-dealkylation sites (N-methyl/N-ethyl adjacent to an activating group) is 1. The summed E-state index contributed by atoms with van der Waals surface area (Å²) in [6, 6.07) is 2.42. The van der Waals surface area contributed by atoms with E-state index in [-0.39, 0.29) is 18.2 Å². The summed E-state index contributed by atoms with van der Waals surface area (Å²) < 4.78 is 4.87. The molecule has 3 N–H and O–H groups in total. The molecule has 0 aromatic carbocycles. The Kier molecular flexibility index (Phi) is 5.59. The molecule has 7 heteroatoms. The lowest BCUT2D eigenvalue weighted by Gasteiger charge is -2.13. The van der Waals surface area contributed by atoms with Crippen LogP contribution in [0.25, 0.3) is 0 Å². The third kappa shape index (κ3) is 4.82. The van der Waals surface area contributed by atoms with E-state index in [1.54, 1.807) is 19.9 Å². The van der Waals surface area contributed by atoms with Gasteiger partial charge in [0.1, 0.15) is 6.04 Å². The van der Waals surface area contributed by atoms with Crippen LogP contribution in [0, 0.1) is 0 Å². The van der Waals surface area contributed by atoms with Crippen molar-refractivity contribution in [3.05, 3.63) is 24.2 Å². The molecular weight excluding hydrogens is 250 g/mol. The lowest BCUT2D eigenvalue weighted by molar-refractivity contribution is -0.128. The van der Waals surface area contributed by atoms with E-state index in [2.05, 4.69) is 16.0 Å². The van der Waals surface area contributed by atoms with Gasteiger partial charge in [-0.15, -0.1) is 0 Å². The van der Waals surface area contributed by atoms with Gasteiger partial charge in [0.15, 0.2) is 5.76 Å². The Morgan fingerprint density at radius 1 is 1.32 bits per heavy atom. The lowest BCUT2D eigenvalue weighted by Crippen LogP contribution is -2.47. The molecule has 0 saturated carbocycles. The van der Waals surface area contributed by atoms with Crippen molar-refractivity contribution in [1.82, 2.24) is 16.0 Å². The number of rotatable bonds is 6. The molecule has 0 saturated heterocycles. The van der Waals surface area contributed by atoms with Crippen molar-refractivity contribution in [2.24, 2.45) is 0 Å². The molecule has 0 aliphatic rings. The normalized spacial score (nSPS) is 11.5. The number of carbonyl (C=O) groups is 3. The van der Waals surface area contributed by atoms with Crippen molar-refractivity contribution < 1.29 is 18.8 Å². The molecule has 19 heavy (non-hydrogen) atoms. The first-order chi connectivity index (χ1) is 9.04. The van der Waals surface area contributed by atoms with Gasteiger partial charge in [0, 0.05) is 6.54 Å². The minimum absolute atomic E-state index is 0.129. The van der Waals surface area contributed by atoms with Crippen molar-refractivity contribution in [1.29, 1.82) is 0 Å². The first kappa shape index (κ1) is 14.7. The molecule has 0 radical (unpaired) electrons. The summed E-state index contributed by atoms with van der Waals surface area (Å²) >= 11 is 0. The van der Waals surface area contributed by atoms with Crippen LogP contribution in [0.5, 0.6) is 0 Å². The third-order valence-electron chi connectivity index (χ3n) is 2.28. The molecule has 0 aliphatic carbocycles. The minimum atomic E-state index is -0.645. The average molecular weight is 267 g/mol. The quantitative estimate of drug-likeness (QED) is 0.656. The molecule has 1 aromatic rings. The Morgan fingerprint density at radius 3 is 2.63 bits per heavy atom. The molecule has 0 fully saturated rings. The molecule has 0 aliphatic heterocycles. The highest BCUT2D eigenvalue weighted by molar-refractivity contribution is 5.95. The van der Waals surface area contributed by atoms with Crippen molar-refractivity contribution >= 4 is 17.7 Å². The molecule has 1 aromatic heterocycles. The standard InChI is InChI=1S/C12H17N3O4/c1-3-13-11(17)8(2)15-10(16)7-14-12(18)9-5-4-6-19-9/h4-6,8H,3,7H2,1-2H3,(H,13,17)(H,14,18)(H,15,16)/t8-/m0/s1. The molecule has 1 rings (SSSR count). The predicted octanol–water partition coefficient (Wildman–Crippen LogP) is -0.350. The van der Waals surface area contributed by atoms with E-state index < -0.39 is 17.9 Å². The fraction of sp³-hybridized carbons (Fsp3) is 0.417. The summed E-state index contributed by atoms with van der Waals surface area (Å²) in [5.74, 6) is -1.07. The number of nitrogens with one attached hydrogen (secondary N) is 3. The number of carbonyl (C=O) groups excluding carboxylic acids is 3. The highest BCUT2D eigenvalue weighted by atomic mass is 16.3. The van der Waals surface area contributed by atoms with Gasteiger partial charge in [-0.1, -0.05) is 0 Å². The van der Waals surface area contributed by atoms with E-state index in [1.165, 1.54) is 12.3 Å². The molecule has 104 valence electrons. The van der Waals surface area contributed by atoms with Gasteiger partial charge in [-0.2, -0.15) is 0 Å². The largest absolute Gasteiger partial charge is 0.459 e. The van der Waals surface area contributed by atoms with E-state index in [0.29, 0.717) is 6.54 Å². The zero-order chi connectivity index (χ0) is 14.3. The summed E-state index contributed by atoms with van der Waals surface area (Å²) in [5, 5.41) is 7.44. The second-order valence-corrected chi connectivity index (χ2v) is 3.84. The molecule has 0 spiro atoms. The number of furan rings is 1. The van der Waals surface area contributed by atoms with Gasteiger partial charge >= 0.3 is 0 Å². The van der Waals surface area contributed by atoms with E-state index >= 15 is 0 Å². The maximum atomic E-state index is 11.5. The first-order valence-corrected chi connectivity index (χ1v) is 5.93. The number of amides is 3. The van der Waals surface area contributed by atoms with E-state index in [0.717, 1.165) is 0 Å². The molecule has 0 bridgehead atoms. The van der Waals surface area contributed by atoms with Gasteiger partial charge in [0.2, 0.25) is 11.8 Å². The fourth-order valence-electron chi connectivity index (χ4n) is 1.34. The van der Waals surface area contributed by atoms with Crippen LogP contribution in [0.3, 0.4) is 0 Å². The van der Waals surface area contributed by atoms with E-state index in [1.807, 2.05) is 0 Å². The molecule has 0 unspecified atom stereocenters. The van der Waals surface area contributed by atoms with Crippen LogP contribution in [0.1, 0.15) is 24.4 Å². The highest BCUT2D eigenvalue weighted by Gasteiger charge is 2.15. The summed E-state index contributed by atoms with van der Waals surface area (Å²) in [4.78, 5) is 34.3. The Labute approximate surface area is 110 Å². The van der Waals surface area contributed by atoms with Crippen LogP contribution in [0.4, 0.5) is 0 Å². The van der Waals surface area contributed by atoms with Crippen LogP contribution in [-0.2, 0) is 9.59 Å². The zero-order valence-corrected chi connectivity index (χ0v) is 10.9. The number of hydrogen-bond donors (Lipinski definition) is 3. The Bertz CT molecular complexity index is 442. The topological polar surface area (TPSA) is 100 Å². The second kappa shape index (κ2) is 7.20. The maximum absolute atomic E-state index is 11.5. The lowest BCUT2D eigenvalue weighted by atomic mass is 10.3. The highest BCUT2D eigenvalue weighted by Crippen LogP contribution is 1.98. The monoisotopic (exact) mass is 267 g/mol. The SMILES string of the molecule is CCNC(=O)[C@H](C)NC(=O)CNC(=O)c1ccco1. The van der Waals surface area contributed by atoms with Crippen LogP contribution in [-0.4, -0.2) is 36.9 Å². The van der Waals surface area contributed by atoms with Gasteiger partial charge in [-0.05, 0) is 26.0 Å². The van der Waals surface area contributed by atoms with Crippen LogP contribution >= 0.6 is 0 Å². The Morgan fingerprint density at radius 2 is 2.05 bits per heavy atom. The van der Waals surface area contributed by atoms with Gasteiger partial charge in [0.25, 0.3) is 5.91 Å². The predicted molar refractivity (Wildman–Crippen MR) is 67.3 cm³/mol. The number of hydrogen-bond acceptors (Lipinski definition) is 4. The molecule has 7 nitrogen and oxygen atoms in total. The zero-order valence-electron chi connectivity index (χ0n) is 10.9. The maximum Gasteiger partial charge on any atom is 0.287 e. The fourth-order valence-corrected chi connectivity index (χ4v) is 1.34. The van der Waals surface area contributed by atoms with Crippen LogP contribution in [0.15, 0.2) is 22.8 Å².